The number of benzene rings is 1. The molecular formula is C14H19N3S. The van der Waals surface area contributed by atoms with E-state index in [4.69, 9.17) is 5.73 Å². The summed E-state index contributed by atoms with van der Waals surface area (Å²) in [6.07, 6.45) is 0.977. The Morgan fingerprint density at radius 3 is 2.78 bits per heavy atom. The largest absolute Gasteiger partial charge is 0.398 e. The average molecular weight is 261 g/mol. The maximum absolute atomic E-state index is 5.98. The number of nitrogen functional groups attached to an aromatic ring is 1. The number of rotatable bonds is 4. The van der Waals surface area contributed by atoms with Crippen molar-refractivity contribution >= 4 is 17.4 Å². The minimum atomic E-state index is 0.850. The van der Waals surface area contributed by atoms with Gasteiger partial charge < -0.3 is 5.73 Å². The highest BCUT2D eigenvalue weighted by Crippen LogP contribution is 2.29. The number of aromatic nitrogens is 2. The van der Waals surface area contributed by atoms with Gasteiger partial charge in [-0.25, -0.2) is 0 Å². The van der Waals surface area contributed by atoms with Gasteiger partial charge in [-0.2, -0.15) is 5.10 Å². The lowest BCUT2D eigenvalue weighted by Crippen LogP contribution is -1.97. The fourth-order valence-electron chi connectivity index (χ4n) is 1.80. The molecule has 18 heavy (non-hydrogen) atoms. The van der Waals surface area contributed by atoms with Crippen LogP contribution in [0.4, 0.5) is 5.69 Å². The van der Waals surface area contributed by atoms with E-state index in [9.17, 15) is 0 Å². The Morgan fingerprint density at radius 2 is 2.11 bits per heavy atom. The van der Waals surface area contributed by atoms with Gasteiger partial charge >= 0.3 is 0 Å². The number of anilines is 1. The molecule has 0 saturated heterocycles. The SMILES string of the molecule is CCc1cc(CSc2cc(C)ccc2N)n(C)n1. The Kier molecular flexibility index (Phi) is 3.97. The van der Waals surface area contributed by atoms with Crippen molar-refractivity contribution in [3.05, 3.63) is 41.2 Å². The summed E-state index contributed by atoms with van der Waals surface area (Å²) in [6.45, 7) is 4.21. The molecule has 0 atom stereocenters. The van der Waals surface area contributed by atoms with Crippen molar-refractivity contribution in [2.45, 2.75) is 30.9 Å². The first-order valence-corrected chi connectivity index (χ1v) is 7.09. The fourth-order valence-corrected chi connectivity index (χ4v) is 2.88. The van der Waals surface area contributed by atoms with Crippen molar-refractivity contribution in [3.8, 4) is 0 Å². The normalized spacial score (nSPS) is 10.8. The molecule has 0 aliphatic heterocycles. The minimum Gasteiger partial charge on any atom is -0.398 e. The first kappa shape index (κ1) is 13.0. The summed E-state index contributed by atoms with van der Waals surface area (Å²) in [7, 11) is 1.99. The molecule has 2 aromatic rings. The van der Waals surface area contributed by atoms with Gasteiger partial charge in [-0.1, -0.05) is 13.0 Å². The van der Waals surface area contributed by atoms with Gasteiger partial charge in [0.05, 0.1) is 5.69 Å². The lowest BCUT2D eigenvalue weighted by molar-refractivity contribution is 0.720. The number of nitrogens with two attached hydrogens (primary N) is 1. The van der Waals surface area contributed by atoms with E-state index in [0.717, 1.165) is 28.5 Å². The van der Waals surface area contributed by atoms with Crippen LogP contribution in [0, 0.1) is 6.92 Å². The van der Waals surface area contributed by atoms with Crippen molar-refractivity contribution in [2.24, 2.45) is 7.05 Å². The molecule has 0 aliphatic rings. The van der Waals surface area contributed by atoms with Gasteiger partial charge in [0.25, 0.3) is 0 Å². The summed E-state index contributed by atoms with van der Waals surface area (Å²) in [4.78, 5) is 1.15. The van der Waals surface area contributed by atoms with Crippen molar-refractivity contribution in [3.63, 3.8) is 0 Å². The second-order valence-corrected chi connectivity index (χ2v) is 5.45. The zero-order chi connectivity index (χ0) is 13.1. The Labute approximate surface area is 112 Å². The number of hydrogen-bond acceptors (Lipinski definition) is 3. The standard InChI is InChI=1S/C14H19N3S/c1-4-11-8-12(17(3)16-11)9-18-14-7-10(2)5-6-13(14)15/h5-8H,4,9,15H2,1-3H3. The van der Waals surface area contributed by atoms with E-state index in [-0.39, 0.29) is 0 Å². The van der Waals surface area contributed by atoms with E-state index in [0.29, 0.717) is 0 Å². The first-order chi connectivity index (χ1) is 8.60. The Hall–Kier alpha value is -1.42. The molecule has 3 nitrogen and oxygen atoms in total. The smallest absolute Gasteiger partial charge is 0.0625 e. The molecular weight excluding hydrogens is 242 g/mol. The molecule has 1 aromatic carbocycles. The molecule has 0 radical (unpaired) electrons. The van der Waals surface area contributed by atoms with Gasteiger partial charge in [0.15, 0.2) is 0 Å². The van der Waals surface area contributed by atoms with Crippen LogP contribution in [-0.4, -0.2) is 9.78 Å². The summed E-state index contributed by atoms with van der Waals surface area (Å²) in [5.41, 5.74) is 10.4. The second-order valence-electron chi connectivity index (χ2n) is 4.43. The molecule has 0 saturated carbocycles. The van der Waals surface area contributed by atoms with Gasteiger partial charge in [0.2, 0.25) is 0 Å². The highest BCUT2D eigenvalue weighted by atomic mass is 32.2. The third kappa shape index (κ3) is 2.88. The predicted molar refractivity (Wildman–Crippen MR) is 77.7 cm³/mol. The molecule has 96 valence electrons. The van der Waals surface area contributed by atoms with Crippen LogP contribution in [0.3, 0.4) is 0 Å². The topological polar surface area (TPSA) is 43.8 Å². The highest BCUT2D eigenvalue weighted by Gasteiger charge is 2.06. The van der Waals surface area contributed by atoms with E-state index < -0.39 is 0 Å². The summed E-state index contributed by atoms with van der Waals surface area (Å²) in [6, 6.07) is 8.31. The van der Waals surface area contributed by atoms with Gasteiger partial charge in [0.1, 0.15) is 0 Å². The van der Waals surface area contributed by atoms with Crippen molar-refractivity contribution in [2.75, 3.05) is 5.73 Å². The average Bonchev–Trinajstić information content (AvgIpc) is 2.71. The number of nitrogens with zero attached hydrogens (tertiary/aromatic N) is 2. The first-order valence-electron chi connectivity index (χ1n) is 6.11. The van der Waals surface area contributed by atoms with Crippen LogP contribution in [0.1, 0.15) is 23.9 Å². The summed E-state index contributed by atoms with van der Waals surface area (Å²) < 4.78 is 1.96. The Balaban J connectivity index is 2.11. The van der Waals surface area contributed by atoms with Gasteiger partial charge in [-0.3, -0.25) is 4.68 Å². The molecule has 2 rings (SSSR count). The van der Waals surface area contributed by atoms with Crippen molar-refractivity contribution < 1.29 is 0 Å². The molecule has 0 aliphatic carbocycles. The summed E-state index contributed by atoms with van der Waals surface area (Å²) in [5, 5.41) is 4.45. The second kappa shape index (κ2) is 5.48. The molecule has 0 fully saturated rings. The Morgan fingerprint density at radius 1 is 1.33 bits per heavy atom. The molecule has 4 heteroatoms. The van der Waals surface area contributed by atoms with Crippen LogP contribution >= 0.6 is 11.8 Å². The van der Waals surface area contributed by atoms with Crippen molar-refractivity contribution in [1.29, 1.82) is 0 Å². The zero-order valence-corrected chi connectivity index (χ0v) is 11.9. The van der Waals surface area contributed by atoms with Gasteiger partial charge in [-0.15, -0.1) is 11.8 Å². The molecule has 0 amide bonds. The van der Waals surface area contributed by atoms with Gasteiger partial charge in [-0.05, 0) is 37.1 Å². The van der Waals surface area contributed by atoms with Crippen LogP contribution in [0.2, 0.25) is 0 Å². The molecule has 0 unspecified atom stereocenters. The molecule has 0 bridgehead atoms. The zero-order valence-electron chi connectivity index (χ0n) is 11.1. The van der Waals surface area contributed by atoms with Crippen LogP contribution in [0.5, 0.6) is 0 Å². The minimum absolute atomic E-state index is 0.850. The summed E-state index contributed by atoms with van der Waals surface area (Å²) in [5.74, 6) is 0.900. The lowest BCUT2D eigenvalue weighted by Gasteiger charge is -2.06. The number of thioether (sulfide) groups is 1. The molecule has 1 heterocycles. The molecule has 1 aromatic heterocycles. The third-order valence-corrected chi connectivity index (χ3v) is 4.04. The van der Waals surface area contributed by atoms with Gasteiger partial charge in [0, 0.05) is 29.1 Å². The van der Waals surface area contributed by atoms with E-state index in [2.05, 4.69) is 31.1 Å². The highest BCUT2D eigenvalue weighted by molar-refractivity contribution is 7.98. The molecule has 0 spiro atoms. The van der Waals surface area contributed by atoms with Crippen molar-refractivity contribution in [1.82, 2.24) is 9.78 Å². The third-order valence-electron chi connectivity index (χ3n) is 2.93. The van der Waals surface area contributed by atoms with E-state index in [1.807, 2.05) is 23.9 Å². The Bertz CT molecular complexity index is 546. The quantitative estimate of drug-likeness (QED) is 0.679. The number of hydrogen-bond donors (Lipinski definition) is 1. The maximum atomic E-state index is 5.98. The molecule has 2 N–H and O–H groups in total. The van der Waals surface area contributed by atoms with Crippen LogP contribution in [-0.2, 0) is 19.2 Å². The van der Waals surface area contributed by atoms with Crippen LogP contribution in [0.25, 0.3) is 0 Å². The van der Waals surface area contributed by atoms with E-state index >= 15 is 0 Å². The van der Waals surface area contributed by atoms with Crippen LogP contribution < -0.4 is 5.73 Å². The predicted octanol–water partition coefficient (Wildman–Crippen LogP) is 3.17. The van der Waals surface area contributed by atoms with E-state index in [1.165, 1.54) is 11.3 Å². The summed E-state index contributed by atoms with van der Waals surface area (Å²) >= 11 is 1.77. The monoisotopic (exact) mass is 261 g/mol. The van der Waals surface area contributed by atoms with Crippen LogP contribution in [0.15, 0.2) is 29.2 Å². The lowest BCUT2D eigenvalue weighted by atomic mass is 10.2. The fraction of sp³-hybridized carbons (Fsp3) is 0.357. The van der Waals surface area contributed by atoms with E-state index in [1.54, 1.807) is 11.8 Å². The number of aryl methyl sites for hydroxylation is 3. The maximum Gasteiger partial charge on any atom is 0.0625 e.